The molecule has 0 saturated carbocycles. The van der Waals surface area contributed by atoms with Crippen LogP contribution in [0.5, 0.6) is 0 Å². The molecular weight excluding hydrogens is 593 g/mol. The first kappa shape index (κ1) is 16.5. The molecule has 10 aromatic rings. The minimum atomic E-state index is -0.740. The zero-order chi connectivity index (χ0) is 45.4. The fourth-order valence-electron chi connectivity index (χ4n) is 6.72. The molecule has 0 aliphatic carbocycles. The minimum absolute atomic E-state index is 0.0220. The number of imidazole rings is 1. The lowest BCUT2D eigenvalue weighted by Gasteiger charge is -2.18. The molecule has 0 spiro atoms. The summed E-state index contributed by atoms with van der Waals surface area (Å²) >= 11 is 0. The molecule has 0 bridgehead atoms. The first-order chi connectivity index (χ1) is 30.6. The van der Waals surface area contributed by atoms with E-state index in [1.165, 1.54) is 0 Å². The van der Waals surface area contributed by atoms with Crippen molar-refractivity contribution in [3.63, 3.8) is 0 Å². The molecule has 9 aromatic carbocycles. The maximum absolute atomic E-state index is 9.45. The third-order valence-electron chi connectivity index (χ3n) is 8.88. The third-order valence-corrected chi connectivity index (χ3v) is 8.88. The van der Waals surface area contributed by atoms with Crippen LogP contribution in [0.3, 0.4) is 0 Å². The van der Waals surface area contributed by atoms with Crippen LogP contribution >= 0.6 is 0 Å². The lowest BCUT2D eigenvalue weighted by atomic mass is 9.85. The van der Waals surface area contributed by atoms with Gasteiger partial charge in [-0.15, -0.1) is 0 Å². The number of para-hydroxylation sites is 2. The standard InChI is InChI=1S/C47H30N2/c1-2-14-35-30-36(29-24-31(35)12-1)46-40-19-7-5-17-38(40)45(39-18-6-8-20-41(39)46)33-25-27-34(28-26-33)47-48-42-21-9-10-22-44(42)49(47)43-23-11-15-32-13-3-4-16-37(32)43/h1-30H/i1D,2D,5D,6D,7D,8D,12D,14D,17D,18D,19D,20D,24D,29D,30D. The van der Waals surface area contributed by atoms with Gasteiger partial charge in [-0.2, -0.15) is 0 Å². The lowest BCUT2D eigenvalue weighted by Crippen LogP contribution is -1.98. The molecule has 49 heavy (non-hydrogen) atoms. The smallest absolute Gasteiger partial charge is 0.145 e. The van der Waals surface area contributed by atoms with Crippen LogP contribution in [-0.2, 0) is 0 Å². The van der Waals surface area contributed by atoms with E-state index in [0.717, 1.165) is 27.5 Å². The maximum Gasteiger partial charge on any atom is 0.145 e. The van der Waals surface area contributed by atoms with E-state index < -0.39 is 107 Å². The largest absolute Gasteiger partial charge is 0.292 e. The van der Waals surface area contributed by atoms with Gasteiger partial charge >= 0.3 is 0 Å². The number of aromatic nitrogens is 2. The van der Waals surface area contributed by atoms with Crippen LogP contribution in [0.1, 0.15) is 20.6 Å². The van der Waals surface area contributed by atoms with Crippen LogP contribution in [0.25, 0.3) is 93.5 Å². The zero-order valence-corrected chi connectivity index (χ0v) is 25.6. The van der Waals surface area contributed by atoms with Crippen molar-refractivity contribution in [2.45, 2.75) is 0 Å². The highest BCUT2D eigenvalue weighted by atomic mass is 15.1. The SMILES string of the molecule is [2H]c1c([2H])c([2H])c2c([2H])c(-c3c4c([2H])c([2H])c([2H])c([2H])c4c(-c4ccc(-c5nc6ccccc6n5-c5cccc6ccccc56)cc4)c4c([2H])c([2H])c([2H])c([2H])c34)c([2H])c([2H])c2c1[2H]. The van der Waals surface area contributed by atoms with Gasteiger partial charge in [0, 0.05) is 10.9 Å². The van der Waals surface area contributed by atoms with E-state index >= 15 is 0 Å². The summed E-state index contributed by atoms with van der Waals surface area (Å²) in [5, 5.41) is 0.195. The van der Waals surface area contributed by atoms with Crippen LogP contribution in [0.4, 0.5) is 0 Å². The highest BCUT2D eigenvalue weighted by Gasteiger charge is 2.19. The molecular formula is C47H30N2. The normalized spacial score (nSPS) is 16.0. The molecule has 0 fully saturated rings. The van der Waals surface area contributed by atoms with Crippen molar-refractivity contribution in [2.75, 3.05) is 0 Å². The molecule has 0 radical (unpaired) electrons. The predicted octanol–water partition coefficient (Wildman–Crippen LogP) is 12.6. The summed E-state index contributed by atoms with van der Waals surface area (Å²) in [7, 11) is 0. The molecule has 228 valence electrons. The second-order valence-electron chi connectivity index (χ2n) is 11.6. The molecule has 0 atom stereocenters. The Balaban J connectivity index is 1.34. The van der Waals surface area contributed by atoms with Crippen molar-refractivity contribution in [1.29, 1.82) is 0 Å². The Labute approximate surface area is 305 Å². The summed E-state index contributed by atoms with van der Waals surface area (Å²) in [6.45, 7) is 0. The summed E-state index contributed by atoms with van der Waals surface area (Å²) in [5.74, 6) is 0.587. The Bertz CT molecular complexity index is 3650. The van der Waals surface area contributed by atoms with Crippen molar-refractivity contribution in [1.82, 2.24) is 9.55 Å². The van der Waals surface area contributed by atoms with Gasteiger partial charge in [0.15, 0.2) is 0 Å². The van der Waals surface area contributed by atoms with Gasteiger partial charge in [0.1, 0.15) is 5.82 Å². The molecule has 0 amide bonds. The summed E-state index contributed by atoms with van der Waals surface area (Å²) in [4.78, 5) is 5.04. The zero-order valence-electron chi connectivity index (χ0n) is 40.6. The molecule has 1 aromatic heterocycles. The first-order valence-corrected chi connectivity index (χ1v) is 15.6. The average molecular weight is 638 g/mol. The fraction of sp³-hybridized carbons (Fsp3) is 0. The topological polar surface area (TPSA) is 17.8 Å². The predicted molar refractivity (Wildman–Crippen MR) is 207 cm³/mol. The number of fused-ring (bicyclic) bond motifs is 5. The Morgan fingerprint density at radius 3 is 1.78 bits per heavy atom. The van der Waals surface area contributed by atoms with Crippen LogP contribution < -0.4 is 0 Å². The second-order valence-corrected chi connectivity index (χ2v) is 11.6. The average Bonchev–Trinajstić information content (AvgIpc) is 3.69. The summed E-state index contributed by atoms with van der Waals surface area (Å²) in [5.41, 5.74) is 2.58. The van der Waals surface area contributed by atoms with E-state index in [0.29, 0.717) is 17.0 Å². The fourth-order valence-corrected chi connectivity index (χ4v) is 6.72. The molecule has 0 N–H and O–H groups in total. The third kappa shape index (κ3) is 4.38. The van der Waals surface area contributed by atoms with Crippen molar-refractivity contribution < 1.29 is 20.6 Å². The quantitative estimate of drug-likeness (QED) is 0.176. The van der Waals surface area contributed by atoms with E-state index in [-0.39, 0.29) is 32.7 Å². The van der Waals surface area contributed by atoms with Gasteiger partial charge in [0.05, 0.1) is 37.3 Å². The van der Waals surface area contributed by atoms with Crippen molar-refractivity contribution in [3.05, 3.63) is 182 Å². The van der Waals surface area contributed by atoms with Gasteiger partial charge in [0.2, 0.25) is 0 Å². The Morgan fingerprint density at radius 2 is 1.02 bits per heavy atom. The highest BCUT2D eigenvalue weighted by Crippen LogP contribution is 2.44. The van der Waals surface area contributed by atoms with Crippen LogP contribution in [0.2, 0.25) is 0 Å². The van der Waals surface area contributed by atoms with Gasteiger partial charge in [0.25, 0.3) is 0 Å². The molecule has 0 unspecified atom stereocenters. The first-order valence-electron chi connectivity index (χ1n) is 23.1. The molecule has 2 heteroatoms. The summed E-state index contributed by atoms with van der Waals surface area (Å²) in [6.07, 6.45) is 0. The van der Waals surface area contributed by atoms with Gasteiger partial charge in [-0.3, -0.25) is 4.57 Å². The Morgan fingerprint density at radius 1 is 0.429 bits per heavy atom. The maximum atomic E-state index is 9.45. The molecule has 0 saturated heterocycles. The van der Waals surface area contributed by atoms with Crippen LogP contribution in [0.15, 0.2) is 182 Å². The number of benzene rings is 9. The van der Waals surface area contributed by atoms with E-state index in [4.69, 9.17) is 17.3 Å². The molecule has 0 aliphatic heterocycles. The van der Waals surface area contributed by atoms with E-state index in [9.17, 15) is 8.22 Å². The number of hydrogen-bond donors (Lipinski definition) is 0. The monoisotopic (exact) mass is 637 g/mol. The highest BCUT2D eigenvalue weighted by molar-refractivity contribution is 6.21. The molecule has 10 rings (SSSR count). The van der Waals surface area contributed by atoms with E-state index in [2.05, 4.69) is 4.57 Å². The van der Waals surface area contributed by atoms with Gasteiger partial charge in [-0.05, 0) is 84.2 Å². The number of nitrogens with zero attached hydrogens (tertiary/aromatic N) is 2. The summed E-state index contributed by atoms with van der Waals surface area (Å²) in [6, 6.07) is 18.6. The Kier molecular flexibility index (Phi) is 3.73. The van der Waals surface area contributed by atoms with Crippen molar-refractivity contribution in [3.8, 4) is 39.3 Å². The molecule has 2 nitrogen and oxygen atoms in total. The number of hydrogen-bond acceptors (Lipinski definition) is 1. The lowest BCUT2D eigenvalue weighted by molar-refractivity contribution is 1.11. The number of rotatable bonds is 4. The van der Waals surface area contributed by atoms with Crippen molar-refractivity contribution >= 4 is 54.1 Å². The molecule has 0 aliphatic rings. The second kappa shape index (κ2) is 11.0. The minimum Gasteiger partial charge on any atom is -0.292 e. The summed E-state index contributed by atoms with van der Waals surface area (Å²) < 4.78 is 136. The Hall–Kier alpha value is -6.51. The van der Waals surface area contributed by atoms with Crippen molar-refractivity contribution in [2.24, 2.45) is 0 Å². The van der Waals surface area contributed by atoms with Crippen LogP contribution in [-0.4, -0.2) is 9.55 Å². The molecule has 1 heterocycles. The van der Waals surface area contributed by atoms with E-state index in [1.54, 1.807) is 24.3 Å². The van der Waals surface area contributed by atoms with Gasteiger partial charge in [-0.25, -0.2) is 4.98 Å². The van der Waals surface area contributed by atoms with Crippen LogP contribution in [0, 0.1) is 0 Å². The van der Waals surface area contributed by atoms with E-state index in [1.807, 2.05) is 66.7 Å². The van der Waals surface area contributed by atoms with Gasteiger partial charge < -0.3 is 0 Å². The van der Waals surface area contributed by atoms with Gasteiger partial charge in [-0.1, -0.05) is 157 Å².